The molecule has 142 valence electrons. The average molecular weight is 380 g/mol. The van der Waals surface area contributed by atoms with Crippen LogP contribution in [0.5, 0.6) is 5.75 Å². The Labute approximate surface area is 159 Å². The van der Waals surface area contributed by atoms with Gasteiger partial charge in [0.15, 0.2) is 0 Å². The summed E-state index contributed by atoms with van der Waals surface area (Å²) in [5.41, 5.74) is 1.49. The van der Waals surface area contributed by atoms with E-state index in [1.54, 1.807) is 13.2 Å². The largest absolute Gasteiger partial charge is 0.495 e. The van der Waals surface area contributed by atoms with Gasteiger partial charge in [0.05, 0.1) is 18.7 Å². The summed E-state index contributed by atoms with van der Waals surface area (Å²) in [7, 11) is 1.55. The lowest BCUT2D eigenvalue weighted by Gasteiger charge is -2.34. The minimum absolute atomic E-state index is 0.0694. The van der Waals surface area contributed by atoms with Crippen molar-refractivity contribution < 1.29 is 14.3 Å². The number of carbonyl (C=O) groups is 2. The van der Waals surface area contributed by atoms with Crippen LogP contribution in [0.4, 0.5) is 10.5 Å². The second kappa shape index (κ2) is 8.16. The van der Waals surface area contributed by atoms with E-state index in [0.29, 0.717) is 23.0 Å². The fourth-order valence-corrected chi connectivity index (χ4v) is 3.79. The van der Waals surface area contributed by atoms with Crippen molar-refractivity contribution >= 4 is 29.2 Å². The fourth-order valence-electron chi connectivity index (χ4n) is 3.64. The Bertz CT molecular complexity index is 689. The number of ether oxygens (including phenoxy) is 1. The Morgan fingerprint density at radius 3 is 2.54 bits per heavy atom. The van der Waals surface area contributed by atoms with E-state index in [-0.39, 0.29) is 17.9 Å². The number of nitrogens with one attached hydrogen (secondary N) is 1. The molecule has 26 heavy (non-hydrogen) atoms. The first kappa shape index (κ1) is 18.8. The number of likely N-dealkylation sites (tertiary alicyclic amines) is 2. The molecule has 2 saturated heterocycles. The second-order valence-corrected chi connectivity index (χ2v) is 7.46. The molecule has 6 nitrogen and oxygen atoms in total. The molecular weight excluding hydrogens is 354 g/mol. The van der Waals surface area contributed by atoms with E-state index in [0.717, 1.165) is 50.9 Å². The normalized spacial score (nSPS) is 20.2. The van der Waals surface area contributed by atoms with E-state index in [1.165, 1.54) is 0 Å². The molecule has 0 spiro atoms. The Kier molecular flexibility index (Phi) is 5.91. The molecule has 3 rings (SSSR count). The van der Waals surface area contributed by atoms with Gasteiger partial charge >= 0.3 is 6.03 Å². The van der Waals surface area contributed by atoms with E-state index in [4.69, 9.17) is 16.3 Å². The third-order valence-corrected chi connectivity index (χ3v) is 5.59. The van der Waals surface area contributed by atoms with Crippen LogP contribution < -0.4 is 10.1 Å². The highest BCUT2D eigenvalue weighted by Crippen LogP contribution is 2.32. The third-order valence-electron chi connectivity index (χ3n) is 5.18. The molecule has 2 heterocycles. The maximum Gasteiger partial charge on any atom is 0.320 e. The number of carbonyl (C=O) groups excluding carboxylic acids is 2. The fraction of sp³-hybridized carbons (Fsp3) is 0.579. The minimum Gasteiger partial charge on any atom is -0.495 e. The monoisotopic (exact) mass is 379 g/mol. The highest BCUT2D eigenvalue weighted by molar-refractivity contribution is 6.31. The number of aryl methyl sites for hydroxylation is 1. The molecule has 1 aromatic carbocycles. The number of benzene rings is 1. The number of piperidine rings is 1. The van der Waals surface area contributed by atoms with Gasteiger partial charge in [-0.2, -0.15) is 0 Å². The van der Waals surface area contributed by atoms with Gasteiger partial charge in [-0.15, -0.1) is 0 Å². The first-order valence-electron chi connectivity index (χ1n) is 9.18. The van der Waals surface area contributed by atoms with E-state index in [2.05, 4.69) is 5.32 Å². The van der Waals surface area contributed by atoms with Crippen molar-refractivity contribution in [2.75, 3.05) is 38.6 Å². The van der Waals surface area contributed by atoms with Crippen LogP contribution in [0.1, 0.15) is 31.2 Å². The number of anilines is 1. The van der Waals surface area contributed by atoms with E-state index in [1.807, 2.05) is 22.8 Å². The standard InChI is InChI=1S/C19H26ClN3O3/c1-13-10-16(17(26-2)11-15(13)20)21-18(24)14-6-5-9-23(12-14)19(25)22-7-3-4-8-22/h10-11,14H,3-9,12H2,1-2H3,(H,21,24)/t14-/m0/s1. The van der Waals surface area contributed by atoms with E-state index >= 15 is 0 Å². The van der Waals surface area contributed by atoms with Crippen LogP contribution in [0.15, 0.2) is 12.1 Å². The Hall–Kier alpha value is -1.95. The van der Waals surface area contributed by atoms with Crippen LogP contribution in [-0.2, 0) is 4.79 Å². The van der Waals surface area contributed by atoms with Crippen LogP contribution in [0.25, 0.3) is 0 Å². The molecule has 2 aliphatic rings. The van der Waals surface area contributed by atoms with Crippen molar-refractivity contribution in [3.8, 4) is 5.75 Å². The lowest BCUT2D eigenvalue weighted by molar-refractivity contribution is -0.121. The van der Waals surface area contributed by atoms with Gasteiger partial charge in [0.25, 0.3) is 0 Å². The van der Waals surface area contributed by atoms with Gasteiger partial charge in [-0.25, -0.2) is 4.79 Å². The molecule has 2 fully saturated rings. The Morgan fingerprint density at radius 1 is 1.15 bits per heavy atom. The van der Waals surface area contributed by atoms with Crippen molar-refractivity contribution in [1.29, 1.82) is 0 Å². The number of rotatable bonds is 3. The number of hydrogen-bond donors (Lipinski definition) is 1. The summed E-state index contributed by atoms with van der Waals surface area (Å²) >= 11 is 6.12. The lowest BCUT2D eigenvalue weighted by atomic mass is 9.97. The molecule has 0 radical (unpaired) electrons. The minimum atomic E-state index is -0.212. The molecule has 1 aromatic rings. The van der Waals surface area contributed by atoms with Crippen molar-refractivity contribution in [1.82, 2.24) is 9.80 Å². The van der Waals surface area contributed by atoms with Crippen molar-refractivity contribution in [2.45, 2.75) is 32.6 Å². The first-order chi connectivity index (χ1) is 12.5. The smallest absolute Gasteiger partial charge is 0.320 e. The van der Waals surface area contributed by atoms with Crippen LogP contribution in [0.2, 0.25) is 5.02 Å². The molecule has 0 unspecified atom stereocenters. The molecule has 0 aliphatic carbocycles. The first-order valence-corrected chi connectivity index (χ1v) is 9.56. The molecular formula is C19H26ClN3O3. The van der Waals surface area contributed by atoms with Gasteiger partial charge in [0.1, 0.15) is 5.75 Å². The zero-order valence-electron chi connectivity index (χ0n) is 15.4. The Balaban J connectivity index is 1.66. The van der Waals surface area contributed by atoms with Gasteiger partial charge in [0, 0.05) is 37.3 Å². The van der Waals surface area contributed by atoms with Crippen LogP contribution in [0.3, 0.4) is 0 Å². The summed E-state index contributed by atoms with van der Waals surface area (Å²) in [6.07, 6.45) is 3.76. The molecule has 0 saturated carbocycles. The molecule has 7 heteroatoms. The SMILES string of the molecule is COc1cc(Cl)c(C)cc1NC(=O)[C@H]1CCCN(C(=O)N2CCCC2)C1. The summed E-state index contributed by atoms with van der Waals surface area (Å²) in [6, 6.07) is 3.59. The third kappa shape index (κ3) is 4.06. The predicted octanol–water partition coefficient (Wildman–Crippen LogP) is 3.52. The second-order valence-electron chi connectivity index (χ2n) is 7.05. The summed E-state index contributed by atoms with van der Waals surface area (Å²) in [4.78, 5) is 29.1. The molecule has 0 aromatic heterocycles. The molecule has 1 N–H and O–H groups in total. The van der Waals surface area contributed by atoms with Crippen LogP contribution >= 0.6 is 11.6 Å². The van der Waals surface area contributed by atoms with Gasteiger partial charge < -0.3 is 19.9 Å². The molecule has 0 bridgehead atoms. The van der Waals surface area contributed by atoms with Gasteiger partial charge in [-0.1, -0.05) is 11.6 Å². The maximum absolute atomic E-state index is 12.8. The van der Waals surface area contributed by atoms with E-state index in [9.17, 15) is 9.59 Å². The molecule has 1 atom stereocenters. The number of amides is 3. The van der Waals surface area contributed by atoms with E-state index < -0.39 is 0 Å². The Morgan fingerprint density at radius 2 is 1.85 bits per heavy atom. The highest BCUT2D eigenvalue weighted by atomic mass is 35.5. The highest BCUT2D eigenvalue weighted by Gasteiger charge is 2.31. The average Bonchev–Trinajstić information content (AvgIpc) is 3.18. The van der Waals surface area contributed by atoms with Crippen molar-refractivity contribution in [3.05, 3.63) is 22.7 Å². The number of nitrogens with zero attached hydrogens (tertiary/aromatic N) is 2. The quantitative estimate of drug-likeness (QED) is 0.873. The number of halogens is 1. The summed E-state index contributed by atoms with van der Waals surface area (Å²) in [6.45, 7) is 4.73. The summed E-state index contributed by atoms with van der Waals surface area (Å²) < 4.78 is 5.33. The zero-order chi connectivity index (χ0) is 18.7. The lowest BCUT2D eigenvalue weighted by Crippen LogP contribution is -2.48. The summed E-state index contributed by atoms with van der Waals surface area (Å²) in [5, 5.41) is 3.55. The maximum atomic E-state index is 12.8. The van der Waals surface area contributed by atoms with Crippen LogP contribution in [0, 0.1) is 12.8 Å². The van der Waals surface area contributed by atoms with Crippen molar-refractivity contribution in [3.63, 3.8) is 0 Å². The predicted molar refractivity (Wildman–Crippen MR) is 102 cm³/mol. The summed E-state index contributed by atoms with van der Waals surface area (Å²) in [5.74, 6) is 0.245. The molecule has 2 aliphatic heterocycles. The van der Waals surface area contributed by atoms with Gasteiger partial charge in [0.2, 0.25) is 5.91 Å². The van der Waals surface area contributed by atoms with Gasteiger partial charge in [-0.3, -0.25) is 4.79 Å². The number of urea groups is 1. The van der Waals surface area contributed by atoms with Gasteiger partial charge in [-0.05, 0) is 44.2 Å². The number of methoxy groups -OCH3 is 1. The van der Waals surface area contributed by atoms with Crippen molar-refractivity contribution in [2.24, 2.45) is 5.92 Å². The molecule has 3 amide bonds. The van der Waals surface area contributed by atoms with Crippen LogP contribution in [-0.4, -0.2) is 55.0 Å². The zero-order valence-corrected chi connectivity index (χ0v) is 16.1. The number of hydrogen-bond acceptors (Lipinski definition) is 3. The topological polar surface area (TPSA) is 61.9 Å².